The van der Waals surface area contributed by atoms with E-state index in [2.05, 4.69) is 61.8 Å². The molecule has 1 unspecified atom stereocenters. The first-order valence-electron chi connectivity index (χ1n) is 21.0. The van der Waals surface area contributed by atoms with Gasteiger partial charge in [-0.25, -0.2) is 4.57 Å². The Morgan fingerprint density at radius 1 is 0.593 bits per heavy atom. The van der Waals surface area contributed by atoms with Crippen LogP contribution in [0, 0.1) is 5.92 Å². The van der Waals surface area contributed by atoms with E-state index in [-0.39, 0.29) is 19.4 Å². The largest absolute Gasteiger partial charge is 0.469 e. The predicted octanol–water partition coefficient (Wildman–Crippen LogP) is 11.7. The second kappa shape index (κ2) is 37.6. The van der Waals surface area contributed by atoms with E-state index in [1.807, 2.05) is 12.2 Å². The van der Waals surface area contributed by atoms with Gasteiger partial charge < -0.3 is 24.4 Å². The summed E-state index contributed by atoms with van der Waals surface area (Å²) in [5, 5.41) is 10.2. The maximum absolute atomic E-state index is 12.4. The Labute approximate surface area is 329 Å². The van der Waals surface area contributed by atoms with Crippen LogP contribution in [-0.4, -0.2) is 52.3 Å². The lowest BCUT2D eigenvalue weighted by Crippen LogP contribution is -2.29. The SMILES string of the molecule is CC/C=C\C/C=C\C/C=C\C/C=C\C=C\C(O)CCCC(=O)OC[C@H](COP(=O)(O)O)OC(=O)CCCCCCCCCCCCCCCCCC(C)C. The number of hydrogen-bond acceptors (Lipinski definition) is 7. The Kier molecular flexibility index (Phi) is 36.0. The molecule has 0 bridgehead atoms. The summed E-state index contributed by atoms with van der Waals surface area (Å²) in [6.45, 7) is 5.74. The summed E-state index contributed by atoms with van der Waals surface area (Å²) < 4.78 is 26.3. The third kappa shape index (κ3) is 40.9. The number of unbranched alkanes of at least 4 members (excludes halogenated alkanes) is 14. The minimum atomic E-state index is -4.80. The highest BCUT2D eigenvalue weighted by Gasteiger charge is 2.23. The van der Waals surface area contributed by atoms with E-state index < -0.39 is 38.6 Å². The fourth-order valence-electron chi connectivity index (χ4n) is 5.70. The molecule has 0 aliphatic heterocycles. The maximum Gasteiger partial charge on any atom is 0.469 e. The molecule has 9 nitrogen and oxygen atoms in total. The van der Waals surface area contributed by atoms with Crippen LogP contribution in [0.4, 0.5) is 0 Å². The molecular weight excluding hydrogens is 703 g/mol. The molecule has 0 aromatic carbocycles. The van der Waals surface area contributed by atoms with Crippen LogP contribution < -0.4 is 0 Å². The molecule has 312 valence electrons. The molecular formula is C44H77O9P. The number of allylic oxidation sites excluding steroid dienone is 9. The van der Waals surface area contributed by atoms with Gasteiger partial charge >= 0.3 is 19.8 Å². The molecule has 0 aromatic rings. The van der Waals surface area contributed by atoms with Gasteiger partial charge in [-0.1, -0.05) is 178 Å². The number of ether oxygens (including phenoxy) is 2. The molecule has 0 spiro atoms. The quantitative estimate of drug-likeness (QED) is 0.0185. The first-order chi connectivity index (χ1) is 26.0. The van der Waals surface area contributed by atoms with Gasteiger partial charge in [-0.2, -0.15) is 0 Å². The smallest absolute Gasteiger partial charge is 0.462 e. The third-order valence-corrected chi connectivity index (χ3v) is 9.32. The fourth-order valence-corrected chi connectivity index (χ4v) is 6.06. The first kappa shape index (κ1) is 51.7. The van der Waals surface area contributed by atoms with Gasteiger partial charge in [0.15, 0.2) is 6.10 Å². The van der Waals surface area contributed by atoms with Gasteiger partial charge in [0.2, 0.25) is 0 Å². The molecule has 0 aliphatic rings. The Bertz CT molecular complexity index is 1090. The van der Waals surface area contributed by atoms with Gasteiger partial charge in [-0.05, 0) is 50.9 Å². The van der Waals surface area contributed by atoms with E-state index in [0.29, 0.717) is 19.3 Å². The summed E-state index contributed by atoms with van der Waals surface area (Å²) in [4.78, 5) is 42.9. The van der Waals surface area contributed by atoms with Crippen molar-refractivity contribution < 1.29 is 43.0 Å². The van der Waals surface area contributed by atoms with E-state index in [4.69, 9.17) is 19.3 Å². The second-order valence-corrected chi connectivity index (χ2v) is 15.9. The van der Waals surface area contributed by atoms with Crippen LogP contribution in [0.25, 0.3) is 0 Å². The summed E-state index contributed by atoms with van der Waals surface area (Å²) in [5.74, 6) is -0.262. The topological polar surface area (TPSA) is 140 Å². The summed E-state index contributed by atoms with van der Waals surface area (Å²) in [6.07, 6.45) is 42.6. The minimum absolute atomic E-state index is 0.0354. The van der Waals surface area contributed by atoms with Crippen molar-refractivity contribution in [2.24, 2.45) is 5.92 Å². The standard InChI is InChI=1S/C44H77O9P/c1-4-5-6-7-8-9-10-14-18-21-24-27-30-34-41(45)35-32-37-43(46)51-38-42(39-52-54(48,49)50)53-44(47)36-31-28-25-22-19-16-13-11-12-15-17-20-23-26-29-33-40(2)3/h5-6,8-9,14,18,24,27,30,34,40-42,45H,4,7,10-13,15-17,19-23,25-26,28-29,31-33,35-39H2,1-3H3,(H2,48,49,50)/b6-5-,9-8-,18-14-,27-24-,34-30+/t41?,42-/m1/s1. The zero-order chi connectivity index (χ0) is 40.0. The molecule has 2 atom stereocenters. The molecule has 0 saturated carbocycles. The molecule has 0 aromatic heterocycles. The van der Waals surface area contributed by atoms with Crippen LogP contribution in [0.1, 0.15) is 175 Å². The number of carbonyl (C=O) groups is 2. The Morgan fingerprint density at radius 3 is 1.59 bits per heavy atom. The molecule has 0 fully saturated rings. The summed E-state index contributed by atoms with van der Waals surface area (Å²) in [7, 11) is -4.80. The van der Waals surface area contributed by atoms with Crippen LogP contribution in [0.5, 0.6) is 0 Å². The van der Waals surface area contributed by atoms with Gasteiger partial charge in [0.25, 0.3) is 0 Å². The number of carbonyl (C=O) groups excluding carboxylic acids is 2. The highest BCUT2D eigenvalue weighted by Crippen LogP contribution is 2.36. The summed E-state index contributed by atoms with van der Waals surface area (Å²) in [5.41, 5.74) is 0. The van der Waals surface area contributed by atoms with Crippen molar-refractivity contribution >= 4 is 19.8 Å². The van der Waals surface area contributed by atoms with E-state index in [9.17, 15) is 19.3 Å². The lowest BCUT2D eigenvalue weighted by Gasteiger charge is -2.18. The van der Waals surface area contributed by atoms with Gasteiger partial charge in [0.05, 0.1) is 12.7 Å². The molecule has 0 heterocycles. The monoisotopic (exact) mass is 781 g/mol. The zero-order valence-electron chi connectivity index (χ0n) is 34.1. The highest BCUT2D eigenvalue weighted by molar-refractivity contribution is 7.46. The Balaban J connectivity index is 4.09. The van der Waals surface area contributed by atoms with Crippen molar-refractivity contribution in [3.05, 3.63) is 60.8 Å². The minimum Gasteiger partial charge on any atom is -0.462 e. The van der Waals surface area contributed by atoms with Crippen molar-refractivity contribution in [3.63, 3.8) is 0 Å². The van der Waals surface area contributed by atoms with Crippen molar-refractivity contribution in [1.29, 1.82) is 0 Å². The van der Waals surface area contributed by atoms with Crippen LogP contribution in [0.15, 0.2) is 60.8 Å². The molecule has 10 heteroatoms. The van der Waals surface area contributed by atoms with Gasteiger partial charge in [-0.15, -0.1) is 0 Å². The van der Waals surface area contributed by atoms with E-state index >= 15 is 0 Å². The van der Waals surface area contributed by atoms with Crippen LogP contribution in [0.2, 0.25) is 0 Å². The number of aliphatic hydroxyl groups is 1. The summed E-state index contributed by atoms with van der Waals surface area (Å²) in [6, 6.07) is 0. The van der Waals surface area contributed by atoms with Crippen LogP contribution in [-0.2, 0) is 28.2 Å². The lowest BCUT2D eigenvalue weighted by molar-refractivity contribution is -0.161. The third-order valence-electron chi connectivity index (χ3n) is 8.83. The maximum atomic E-state index is 12.4. The molecule has 3 N–H and O–H groups in total. The zero-order valence-corrected chi connectivity index (χ0v) is 35.0. The lowest BCUT2D eigenvalue weighted by atomic mass is 10.0. The molecule has 0 amide bonds. The molecule has 0 radical (unpaired) electrons. The fraction of sp³-hybridized carbons (Fsp3) is 0.727. The number of phosphoric ester groups is 1. The average molecular weight is 781 g/mol. The number of hydrogen-bond donors (Lipinski definition) is 3. The van der Waals surface area contributed by atoms with Gasteiger partial charge in [-0.3, -0.25) is 14.1 Å². The number of phosphoric acid groups is 1. The Morgan fingerprint density at radius 2 is 1.07 bits per heavy atom. The average Bonchev–Trinajstić information content (AvgIpc) is 3.12. The molecule has 0 aliphatic carbocycles. The van der Waals surface area contributed by atoms with E-state index in [0.717, 1.165) is 50.9 Å². The van der Waals surface area contributed by atoms with Crippen LogP contribution in [0.3, 0.4) is 0 Å². The predicted molar refractivity (Wildman–Crippen MR) is 222 cm³/mol. The second-order valence-electron chi connectivity index (χ2n) is 14.6. The Hall–Kier alpha value is -2.29. The van der Waals surface area contributed by atoms with Gasteiger partial charge in [0, 0.05) is 12.8 Å². The van der Waals surface area contributed by atoms with Crippen molar-refractivity contribution in [2.45, 2.75) is 187 Å². The van der Waals surface area contributed by atoms with Crippen molar-refractivity contribution in [2.75, 3.05) is 13.2 Å². The highest BCUT2D eigenvalue weighted by atomic mass is 31.2. The first-order valence-corrected chi connectivity index (χ1v) is 22.6. The van der Waals surface area contributed by atoms with Gasteiger partial charge in [0.1, 0.15) is 6.61 Å². The molecule has 54 heavy (non-hydrogen) atoms. The van der Waals surface area contributed by atoms with Crippen molar-refractivity contribution in [3.8, 4) is 0 Å². The molecule has 0 rings (SSSR count). The van der Waals surface area contributed by atoms with Crippen molar-refractivity contribution in [1.82, 2.24) is 0 Å². The normalized spacial score (nSPS) is 13.8. The summed E-state index contributed by atoms with van der Waals surface area (Å²) >= 11 is 0. The molecule has 0 saturated heterocycles. The number of rotatable bonds is 37. The van der Waals surface area contributed by atoms with E-state index in [1.54, 1.807) is 12.2 Å². The number of aliphatic hydroxyl groups excluding tert-OH is 1. The number of esters is 2. The van der Waals surface area contributed by atoms with Crippen LogP contribution >= 0.6 is 7.82 Å². The van der Waals surface area contributed by atoms with E-state index in [1.165, 1.54) is 77.0 Å².